The third-order valence-corrected chi connectivity index (χ3v) is 3.66. The Morgan fingerprint density at radius 3 is 2.76 bits per heavy atom. The van der Waals surface area contributed by atoms with Crippen molar-refractivity contribution in [2.45, 2.75) is 12.5 Å². The number of hydrogen-bond acceptors (Lipinski definition) is 2. The van der Waals surface area contributed by atoms with E-state index in [0.717, 1.165) is 16.5 Å². The van der Waals surface area contributed by atoms with E-state index in [9.17, 15) is 4.79 Å². The van der Waals surface area contributed by atoms with E-state index >= 15 is 0 Å². The number of halogens is 3. The van der Waals surface area contributed by atoms with Crippen LogP contribution in [0.3, 0.4) is 0 Å². The van der Waals surface area contributed by atoms with Gasteiger partial charge in [-0.2, -0.15) is 0 Å². The molecule has 3 nitrogen and oxygen atoms in total. The molecule has 1 aromatic carbocycles. The number of benzene rings is 1. The maximum Gasteiger partial charge on any atom is 0.255 e. The highest BCUT2D eigenvalue weighted by atomic mass is 127. The van der Waals surface area contributed by atoms with E-state index in [0.29, 0.717) is 17.1 Å². The second-order valence-corrected chi connectivity index (χ2v) is 5.58. The largest absolute Gasteiger partial charge is 0.337 e. The van der Waals surface area contributed by atoms with Gasteiger partial charge in [0, 0.05) is 22.7 Å². The Labute approximate surface area is 125 Å². The SMILES string of the molecule is Cl.N[C@@H]1CCN(C(=O)c2ccc(I)cc2Cl)C1. The van der Waals surface area contributed by atoms with Gasteiger partial charge in [-0.3, -0.25) is 4.79 Å². The van der Waals surface area contributed by atoms with Gasteiger partial charge >= 0.3 is 0 Å². The summed E-state index contributed by atoms with van der Waals surface area (Å²) in [5, 5.41) is 0.511. The Balaban J connectivity index is 0.00000144. The van der Waals surface area contributed by atoms with Crippen LogP contribution in [0, 0.1) is 3.57 Å². The second-order valence-electron chi connectivity index (χ2n) is 3.92. The van der Waals surface area contributed by atoms with Crippen molar-refractivity contribution in [1.82, 2.24) is 4.90 Å². The number of hydrogen-bond donors (Lipinski definition) is 1. The molecule has 94 valence electrons. The van der Waals surface area contributed by atoms with E-state index in [1.165, 1.54) is 0 Å². The summed E-state index contributed by atoms with van der Waals surface area (Å²) in [4.78, 5) is 13.9. The zero-order chi connectivity index (χ0) is 11.7. The van der Waals surface area contributed by atoms with Gasteiger partial charge in [-0.05, 0) is 47.2 Å². The van der Waals surface area contributed by atoms with Crippen LogP contribution in [0.15, 0.2) is 18.2 Å². The van der Waals surface area contributed by atoms with Crippen LogP contribution in [-0.2, 0) is 0 Å². The Morgan fingerprint density at radius 2 is 2.24 bits per heavy atom. The number of likely N-dealkylation sites (tertiary alicyclic amines) is 1. The van der Waals surface area contributed by atoms with Crippen LogP contribution in [0.1, 0.15) is 16.8 Å². The van der Waals surface area contributed by atoms with E-state index in [4.69, 9.17) is 17.3 Å². The van der Waals surface area contributed by atoms with Gasteiger partial charge in [0.25, 0.3) is 5.91 Å². The quantitative estimate of drug-likeness (QED) is 0.754. The molecule has 1 heterocycles. The van der Waals surface area contributed by atoms with Crippen molar-refractivity contribution in [2.24, 2.45) is 5.73 Å². The number of nitrogens with zero attached hydrogens (tertiary/aromatic N) is 1. The summed E-state index contributed by atoms with van der Waals surface area (Å²) >= 11 is 8.22. The molecule has 0 saturated carbocycles. The molecular formula is C11H13Cl2IN2O. The van der Waals surface area contributed by atoms with Crippen molar-refractivity contribution in [1.29, 1.82) is 0 Å². The molecule has 1 aliphatic rings. The molecule has 17 heavy (non-hydrogen) atoms. The van der Waals surface area contributed by atoms with Crippen LogP contribution in [0.4, 0.5) is 0 Å². The number of carbonyl (C=O) groups is 1. The van der Waals surface area contributed by atoms with Gasteiger partial charge in [0.2, 0.25) is 0 Å². The lowest BCUT2D eigenvalue weighted by atomic mass is 10.2. The van der Waals surface area contributed by atoms with Gasteiger partial charge in [-0.15, -0.1) is 12.4 Å². The van der Waals surface area contributed by atoms with Gasteiger partial charge in [0.15, 0.2) is 0 Å². The molecular weight excluding hydrogens is 374 g/mol. The minimum atomic E-state index is -0.0191. The van der Waals surface area contributed by atoms with Gasteiger partial charge in [0.1, 0.15) is 0 Å². The Kier molecular flexibility index (Phi) is 5.50. The summed E-state index contributed by atoms with van der Waals surface area (Å²) < 4.78 is 1.03. The Bertz CT molecular complexity index is 428. The van der Waals surface area contributed by atoms with Gasteiger partial charge in [0.05, 0.1) is 10.6 Å². The Hall–Kier alpha value is -0.0400. The van der Waals surface area contributed by atoms with E-state index in [2.05, 4.69) is 22.6 Å². The normalized spacial score (nSPS) is 19.0. The first-order valence-electron chi connectivity index (χ1n) is 5.08. The zero-order valence-corrected chi connectivity index (χ0v) is 12.8. The molecule has 1 aromatic rings. The van der Waals surface area contributed by atoms with Crippen molar-refractivity contribution in [3.63, 3.8) is 0 Å². The summed E-state index contributed by atoms with van der Waals surface area (Å²) in [5.74, 6) is -0.0191. The summed E-state index contributed by atoms with van der Waals surface area (Å²) in [6.07, 6.45) is 0.869. The van der Waals surface area contributed by atoms with Crippen LogP contribution >= 0.6 is 46.6 Å². The van der Waals surface area contributed by atoms with Crippen molar-refractivity contribution in [3.8, 4) is 0 Å². The fourth-order valence-electron chi connectivity index (χ4n) is 1.81. The summed E-state index contributed by atoms with van der Waals surface area (Å²) in [6.45, 7) is 1.35. The molecule has 0 radical (unpaired) electrons. The van der Waals surface area contributed by atoms with E-state index < -0.39 is 0 Å². The lowest BCUT2D eigenvalue weighted by Gasteiger charge is -2.16. The molecule has 0 unspecified atom stereocenters. The summed E-state index contributed by atoms with van der Waals surface area (Å²) in [5.41, 5.74) is 6.34. The highest BCUT2D eigenvalue weighted by Gasteiger charge is 2.25. The minimum absolute atomic E-state index is 0. The fraction of sp³-hybridized carbons (Fsp3) is 0.364. The van der Waals surface area contributed by atoms with Crippen LogP contribution in [0.5, 0.6) is 0 Å². The van der Waals surface area contributed by atoms with Crippen molar-refractivity contribution in [2.75, 3.05) is 13.1 Å². The third-order valence-electron chi connectivity index (χ3n) is 2.67. The average molecular weight is 387 g/mol. The maximum absolute atomic E-state index is 12.1. The molecule has 0 aromatic heterocycles. The molecule has 1 fully saturated rings. The first kappa shape index (κ1) is 15.0. The van der Waals surface area contributed by atoms with Crippen molar-refractivity contribution >= 4 is 52.5 Å². The highest BCUT2D eigenvalue weighted by molar-refractivity contribution is 14.1. The molecule has 0 aliphatic carbocycles. The molecule has 1 atom stereocenters. The molecule has 1 saturated heterocycles. The van der Waals surface area contributed by atoms with Gasteiger partial charge in [-0.25, -0.2) is 0 Å². The fourth-order valence-corrected chi connectivity index (χ4v) is 2.74. The standard InChI is InChI=1S/C11H12ClIN2O.ClH/c12-10-5-7(13)1-2-9(10)11(16)15-4-3-8(14)6-15;/h1-2,5,8H,3-4,6,14H2;1H/t8-;/m1./s1. The molecule has 2 rings (SSSR count). The van der Waals surface area contributed by atoms with Crippen LogP contribution < -0.4 is 5.73 Å². The molecule has 1 aliphatic heterocycles. The lowest BCUT2D eigenvalue weighted by molar-refractivity contribution is 0.0791. The lowest BCUT2D eigenvalue weighted by Crippen LogP contribution is -2.32. The van der Waals surface area contributed by atoms with E-state index in [-0.39, 0.29) is 24.4 Å². The summed E-state index contributed by atoms with van der Waals surface area (Å²) in [7, 11) is 0. The Morgan fingerprint density at radius 1 is 1.53 bits per heavy atom. The van der Waals surface area contributed by atoms with Crippen LogP contribution in [-0.4, -0.2) is 29.9 Å². The van der Waals surface area contributed by atoms with E-state index in [1.807, 2.05) is 6.07 Å². The van der Waals surface area contributed by atoms with Crippen LogP contribution in [0.25, 0.3) is 0 Å². The average Bonchev–Trinajstić information content (AvgIpc) is 2.64. The summed E-state index contributed by atoms with van der Waals surface area (Å²) in [6, 6.07) is 5.56. The molecule has 0 spiro atoms. The van der Waals surface area contributed by atoms with Crippen molar-refractivity contribution < 1.29 is 4.79 Å². The number of rotatable bonds is 1. The molecule has 0 bridgehead atoms. The number of carbonyl (C=O) groups excluding carboxylic acids is 1. The highest BCUT2D eigenvalue weighted by Crippen LogP contribution is 2.22. The predicted octanol–water partition coefficient (Wildman–Crippen LogP) is 2.54. The first-order chi connectivity index (χ1) is 7.58. The number of amides is 1. The first-order valence-corrected chi connectivity index (χ1v) is 6.53. The topological polar surface area (TPSA) is 46.3 Å². The van der Waals surface area contributed by atoms with E-state index in [1.54, 1.807) is 17.0 Å². The monoisotopic (exact) mass is 386 g/mol. The van der Waals surface area contributed by atoms with Crippen molar-refractivity contribution in [3.05, 3.63) is 32.4 Å². The molecule has 1 amide bonds. The zero-order valence-electron chi connectivity index (χ0n) is 9.03. The van der Waals surface area contributed by atoms with Gasteiger partial charge < -0.3 is 10.6 Å². The minimum Gasteiger partial charge on any atom is -0.337 e. The number of nitrogens with two attached hydrogens (primary N) is 1. The predicted molar refractivity (Wildman–Crippen MR) is 79.9 cm³/mol. The molecule has 2 N–H and O–H groups in total. The van der Waals surface area contributed by atoms with Crippen LogP contribution in [0.2, 0.25) is 5.02 Å². The second kappa shape index (κ2) is 6.22. The smallest absolute Gasteiger partial charge is 0.255 e. The van der Waals surface area contributed by atoms with Gasteiger partial charge in [-0.1, -0.05) is 11.6 Å². The maximum atomic E-state index is 12.1. The molecule has 6 heteroatoms. The third kappa shape index (κ3) is 3.47.